The van der Waals surface area contributed by atoms with E-state index in [1.165, 1.54) is 29.6 Å². The van der Waals surface area contributed by atoms with Crippen molar-refractivity contribution in [2.45, 2.75) is 31.8 Å². The number of amides is 1. The second-order valence-corrected chi connectivity index (χ2v) is 6.71. The first kappa shape index (κ1) is 17.8. The van der Waals surface area contributed by atoms with Crippen molar-refractivity contribution in [3.05, 3.63) is 53.6 Å². The van der Waals surface area contributed by atoms with Crippen molar-refractivity contribution in [2.75, 3.05) is 5.73 Å². The van der Waals surface area contributed by atoms with Gasteiger partial charge in [0.1, 0.15) is 11.3 Å². The molecule has 11 heteroatoms. The van der Waals surface area contributed by atoms with Crippen molar-refractivity contribution in [1.82, 2.24) is 29.9 Å². The molecular formula is C17H21N9O2. The molecule has 7 N–H and O–H groups in total. The van der Waals surface area contributed by atoms with Crippen molar-refractivity contribution < 1.29 is 9.21 Å². The Hall–Kier alpha value is -3.60. The van der Waals surface area contributed by atoms with Crippen LogP contribution in [0.15, 0.2) is 40.8 Å². The molecule has 0 bridgehead atoms. The van der Waals surface area contributed by atoms with Crippen LogP contribution in [0.1, 0.15) is 35.9 Å². The molecule has 1 fully saturated rings. The van der Waals surface area contributed by atoms with Crippen molar-refractivity contribution >= 4 is 17.6 Å². The molecule has 4 rings (SSSR count). The monoisotopic (exact) mass is 383 g/mol. The van der Waals surface area contributed by atoms with Crippen LogP contribution in [0.5, 0.6) is 0 Å². The van der Waals surface area contributed by atoms with Crippen LogP contribution in [0.4, 0.5) is 6.01 Å². The predicted molar refractivity (Wildman–Crippen MR) is 99.7 cm³/mol. The molecule has 3 aromatic heterocycles. The van der Waals surface area contributed by atoms with Crippen LogP contribution in [0.25, 0.3) is 5.65 Å². The second-order valence-electron chi connectivity index (χ2n) is 6.71. The largest absolute Gasteiger partial charge is 0.406 e. The molecule has 1 amide bonds. The summed E-state index contributed by atoms with van der Waals surface area (Å²) in [6, 6.07) is 4.04. The maximum atomic E-state index is 12.0. The molecule has 0 spiro atoms. The molecule has 0 unspecified atom stereocenters. The van der Waals surface area contributed by atoms with Gasteiger partial charge in [-0.25, -0.2) is 10.8 Å². The zero-order valence-corrected chi connectivity index (χ0v) is 15.1. The molecule has 3 aromatic rings. The molecule has 1 aliphatic carbocycles. The zero-order chi connectivity index (χ0) is 19.7. The third kappa shape index (κ3) is 4.04. The number of hydrogen-bond acceptors (Lipinski definition) is 9. The number of pyridine rings is 1. The Labute approximate surface area is 160 Å². The first-order valence-electron chi connectivity index (χ1n) is 8.80. The van der Waals surface area contributed by atoms with Gasteiger partial charge in [0, 0.05) is 18.6 Å². The van der Waals surface area contributed by atoms with Crippen molar-refractivity contribution in [3.8, 4) is 0 Å². The lowest BCUT2D eigenvalue weighted by Gasteiger charge is -2.13. The number of hydrazine groups is 1. The standard InChI is InChI=1S/C17H21N9O2/c18-13(16(27)21-5-15-23-24-17(19)28-15)9-26(20)8-12-7-25-6-11(10-1-2-10)3-4-14(25)22-12/h3-4,6-7,9-10H,1-2,5,8,18,20H2,(H2,19,24)(H,21,27)/b13-9-. The number of aromatic nitrogens is 4. The summed E-state index contributed by atoms with van der Waals surface area (Å²) >= 11 is 0. The SMILES string of the molecule is N/C(=C\N(N)Cc1cn2cc(C3CC3)ccc2n1)C(=O)NCc1nnc(N)o1. The average Bonchev–Trinajstić information content (AvgIpc) is 3.31. The van der Waals surface area contributed by atoms with Gasteiger partial charge in [0.2, 0.25) is 5.89 Å². The number of anilines is 1. The first-order chi connectivity index (χ1) is 13.5. The minimum Gasteiger partial charge on any atom is -0.406 e. The maximum absolute atomic E-state index is 12.0. The number of hydrogen-bond donors (Lipinski definition) is 4. The smallest absolute Gasteiger partial charge is 0.312 e. The highest BCUT2D eigenvalue weighted by Crippen LogP contribution is 2.39. The average molecular weight is 383 g/mol. The minimum absolute atomic E-state index is 0.0118. The third-order valence-corrected chi connectivity index (χ3v) is 4.37. The number of carbonyl (C=O) groups is 1. The van der Waals surface area contributed by atoms with Gasteiger partial charge in [-0.15, -0.1) is 5.10 Å². The van der Waals surface area contributed by atoms with Gasteiger partial charge >= 0.3 is 6.01 Å². The maximum Gasteiger partial charge on any atom is 0.312 e. The van der Waals surface area contributed by atoms with E-state index in [1.807, 2.05) is 16.7 Å². The number of carbonyl (C=O) groups excluding carboxylic acids is 1. The highest BCUT2D eigenvalue weighted by Gasteiger charge is 2.23. The fourth-order valence-corrected chi connectivity index (χ4v) is 2.86. The molecule has 146 valence electrons. The molecule has 1 aliphatic rings. The molecule has 0 saturated heterocycles. The number of fused-ring (bicyclic) bond motifs is 1. The summed E-state index contributed by atoms with van der Waals surface area (Å²) in [5.41, 5.74) is 14.0. The Kier molecular flexibility index (Phi) is 4.57. The van der Waals surface area contributed by atoms with E-state index in [9.17, 15) is 4.79 Å². The topological polar surface area (TPSA) is 167 Å². The van der Waals surface area contributed by atoms with E-state index in [1.54, 1.807) is 0 Å². The lowest BCUT2D eigenvalue weighted by molar-refractivity contribution is -0.117. The predicted octanol–water partition coefficient (Wildman–Crippen LogP) is -0.0309. The van der Waals surface area contributed by atoms with Crippen LogP contribution < -0.4 is 22.6 Å². The van der Waals surface area contributed by atoms with Gasteiger partial charge in [0.15, 0.2) is 0 Å². The van der Waals surface area contributed by atoms with Crippen LogP contribution in [-0.4, -0.2) is 30.5 Å². The van der Waals surface area contributed by atoms with E-state index in [0.29, 0.717) is 12.5 Å². The Morgan fingerprint density at radius 2 is 2.18 bits per heavy atom. The second kappa shape index (κ2) is 7.19. The number of nitrogen functional groups attached to an aromatic ring is 1. The first-order valence-corrected chi connectivity index (χ1v) is 8.80. The van der Waals surface area contributed by atoms with Crippen LogP contribution in [0, 0.1) is 0 Å². The third-order valence-electron chi connectivity index (χ3n) is 4.37. The Morgan fingerprint density at radius 1 is 1.36 bits per heavy atom. The van der Waals surface area contributed by atoms with E-state index < -0.39 is 5.91 Å². The molecule has 0 aliphatic heterocycles. The normalized spacial score (nSPS) is 14.4. The fraction of sp³-hybridized carbons (Fsp3) is 0.294. The summed E-state index contributed by atoms with van der Waals surface area (Å²) in [6.07, 6.45) is 7.86. The number of nitrogens with two attached hydrogens (primary N) is 3. The van der Waals surface area contributed by atoms with E-state index in [4.69, 9.17) is 21.7 Å². The number of imidazole rings is 1. The summed E-state index contributed by atoms with van der Waals surface area (Å²) in [4.78, 5) is 16.6. The summed E-state index contributed by atoms with van der Waals surface area (Å²) in [5.74, 6) is 6.29. The van der Waals surface area contributed by atoms with Gasteiger partial charge in [0.05, 0.1) is 18.8 Å². The summed E-state index contributed by atoms with van der Waals surface area (Å²) in [7, 11) is 0. The summed E-state index contributed by atoms with van der Waals surface area (Å²) in [6.45, 7) is 0.312. The molecular weight excluding hydrogens is 362 g/mol. The van der Waals surface area contributed by atoms with Gasteiger partial charge < -0.3 is 30.6 Å². The van der Waals surface area contributed by atoms with Crippen molar-refractivity contribution in [2.24, 2.45) is 11.6 Å². The van der Waals surface area contributed by atoms with E-state index in [0.717, 1.165) is 11.3 Å². The number of rotatable bonds is 7. The quantitative estimate of drug-likeness (QED) is 0.249. The Bertz CT molecular complexity index is 1030. The fourth-order valence-electron chi connectivity index (χ4n) is 2.86. The van der Waals surface area contributed by atoms with Crippen molar-refractivity contribution in [1.29, 1.82) is 0 Å². The summed E-state index contributed by atoms with van der Waals surface area (Å²) in [5, 5.41) is 11.0. The number of nitrogens with one attached hydrogen (secondary N) is 1. The van der Waals surface area contributed by atoms with Gasteiger partial charge in [-0.1, -0.05) is 11.2 Å². The van der Waals surface area contributed by atoms with E-state index in [2.05, 4.69) is 32.8 Å². The van der Waals surface area contributed by atoms with Gasteiger partial charge in [-0.05, 0) is 30.4 Å². The number of nitrogens with zero attached hydrogens (tertiary/aromatic N) is 5. The summed E-state index contributed by atoms with van der Waals surface area (Å²) < 4.78 is 6.96. The molecule has 0 radical (unpaired) electrons. The lowest BCUT2D eigenvalue weighted by atomic mass is 10.2. The lowest BCUT2D eigenvalue weighted by Crippen LogP contribution is -2.32. The molecule has 11 nitrogen and oxygen atoms in total. The van der Waals surface area contributed by atoms with Gasteiger partial charge in [-0.3, -0.25) is 4.79 Å². The van der Waals surface area contributed by atoms with Crippen LogP contribution in [0.2, 0.25) is 0 Å². The highest BCUT2D eigenvalue weighted by molar-refractivity contribution is 5.92. The molecule has 28 heavy (non-hydrogen) atoms. The van der Waals surface area contributed by atoms with Crippen LogP contribution in [-0.2, 0) is 17.9 Å². The molecule has 3 heterocycles. The molecule has 0 aromatic carbocycles. The van der Waals surface area contributed by atoms with E-state index >= 15 is 0 Å². The van der Waals surface area contributed by atoms with Crippen LogP contribution in [0.3, 0.4) is 0 Å². The Balaban J connectivity index is 1.36. The zero-order valence-electron chi connectivity index (χ0n) is 15.1. The van der Waals surface area contributed by atoms with Gasteiger partial charge in [-0.2, -0.15) is 0 Å². The highest BCUT2D eigenvalue weighted by atomic mass is 16.4. The van der Waals surface area contributed by atoms with Crippen molar-refractivity contribution in [3.63, 3.8) is 0 Å². The van der Waals surface area contributed by atoms with Crippen LogP contribution >= 0.6 is 0 Å². The molecule has 1 saturated carbocycles. The minimum atomic E-state index is -0.517. The Morgan fingerprint density at radius 3 is 2.89 bits per heavy atom. The van der Waals surface area contributed by atoms with Gasteiger partial charge in [0.25, 0.3) is 5.91 Å². The molecule has 0 atom stereocenters. The van der Waals surface area contributed by atoms with E-state index in [-0.39, 0.29) is 24.1 Å².